The predicted octanol–water partition coefficient (Wildman–Crippen LogP) is 3.37. The van der Waals surface area contributed by atoms with Crippen molar-refractivity contribution in [1.29, 1.82) is 0 Å². The van der Waals surface area contributed by atoms with Crippen LogP contribution in [0.25, 0.3) is 17.1 Å². The third kappa shape index (κ3) is 3.68. The van der Waals surface area contributed by atoms with Crippen LogP contribution in [-0.4, -0.2) is 26.2 Å². The Hall–Kier alpha value is -2.97. The van der Waals surface area contributed by atoms with Crippen LogP contribution in [0.4, 0.5) is 0 Å². The van der Waals surface area contributed by atoms with Gasteiger partial charge in [-0.3, -0.25) is 4.79 Å². The van der Waals surface area contributed by atoms with E-state index in [4.69, 9.17) is 16.3 Å². The number of ether oxygens (including phenoxy) is 1. The van der Waals surface area contributed by atoms with Gasteiger partial charge in [-0.1, -0.05) is 17.7 Å². The summed E-state index contributed by atoms with van der Waals surface area (Å²) in [5.74, 6) is 0.902. The molecule has 4 rings (SSSR count). The van der Waals surface area contributed by atoms with Crippen LogP contribution in [0.1, 0.15) is 5.56 Å². The quantitative estimate of drug-likeness (QED) is 0.425. The van der Waals surface area contributed by atoms with Gasteiger partial charge in [0, 0.05) is 12.4 Å². The second kappa shape index (κ2) is 7.81. The predicted molar refractivity (Wildman–Crippen MR) is 113 cm³/mol. The second-order valence-electron chi connectivity index (χ2n) is 6.22. The lowest BCUT2D eigenvalue weighted by molar-refractivity contribution is 0.412. The van der Waals surface area contributed by atoms with Crippen LogP contribution >= 0.6 is 27.5 Å². The smallest absolute Gasteiger partial charge is 0.357 e. The number of methoxy groups -OCH3 is 1. The standard InChI is InChI=1S/C20H14BrClN4O3/c1-29-16-6-5-13(9-15(16)21)26-19(27)14-3-2-8-25(18(14)24-20(26)28)11-12-4-7-17(22)23-10-12/h2-10H,11H2,1H3. The molecular weight excluding hydrogens is 460 g/mol. The summed E-state index contributed by atoms with van der Waals surface area (Å²) in [5, 5.41) is 0.394. The minimum Gasteiger partial charge on any atom is -0.496 e. The van der Waals surface area contributed by atoms with E-state index >= 15 is 0 Å². The van der Waals surface area contributed by atoms with Crippen molar-refractivity contribution in [1.82, 2.24) is 19.1 Å². The first-order valence-electron chi connectivity index (χ1n) is 8.54. The molecule has 0 unspecified atom stereocenters. The number of fused-ring (bicyclic) bond motifs is 1. The topological polar surface area (TPSA) is 79.0 Å². The SMILES string of the molecule is COc1ccc(-n2c(=O)nc3n(Cc4ccc(Cl)nc4)cccc-3c2=O)cc1Br. The average Bonchev–Trinajstić information content (AvgIpc) is 2.70. The molecule has 2 aliphatic heterocycles. The Morgan fingerprint density at radius 2 is 2.00 bits per heavy atom. The van der Waals surface area contributed by atoms with Gasteiger partial charge in [0.25, 0.3) is 5.56 Å². The Labute approximate surface area is 178 Å². The van der Waals surface area contributed by atoms with Crippen molar-refractivity contribution < 1.29 is 4.74 Å². The second-order valence-corrected chi connectivity index (χ2v) is 7.46. The van der Waals surface area contributed by atoms with Crippen LogP contribution in [0.15, 0.2) is 68.9 Å². The molecule has 1 aromatic heterocycles. The third-order valence-corrected chi connectivity index (χ3v) is 5.25. The Morgan fingerprint density at radius 1 is 1.17 bits per heavy atom. The highest BCUT2D eigenvalue weighted by molar-refractivity contribution is 9.10. The van der Waals surface area contributed by atoms with Gasteiger partial charge in [-0.05, 0) is 57.9 Å². The lowest BCUT2D eigenvalue weighted by atomic mass is 10.2. The van der Waals surface area contributed by atoms with Gasteiger partial charge in [-0.25, -0.2) is 14.3 Å². The first-order chi connectivity index (χ1) is 14.0. The number of rotatable bonds is 4. The zero-order valence-corrected chi connectivity index (χ0v) is 17.5. The minimum absolute atomic E-state index is 0.307. The molecule has 3 heterocycles. The van der Waals surface area contributed by atoms with Gasteiger partial charge in [-0.2, -0.15) is 4.98 Å². The van der Waals surface area contributed by atoms with Gasteiger partial charge < -0.3 is 9.30 Å². The molecule has 146 valence electrons. The van der Waals surface area contributed by atoms with Crippen LogP contribution in [-0.2, 0) is 6.54 Å². The fraction of sp³-hybridized carbons (Fsp3) is 0.100. The van der Waals surface area contributed by atoms with Crippen molar-refractivity contribution in [3.05, 3.63) is 90.9 Å². The maximum absolute atomic E-state index is 13.1. The summed E-state index contributed by atoms with van der Waals surface area (Å²) in [6, 6.07) is 11.9. The van der Waals surface area contributed by atoms with Gasteiger partial charge in [0.1, 0.15) is 10.9 Å². The Balaban J connectivity index is 1.85. The van der Waals surface area contributed by atoms with E-state index in [0.717, 1.165) is 10.1 Å². The molecule has 0 N–H and O–H groups in total. The largest absolute Gasteiger partial charge is 0.496 e. The Kier molecular flexibility index (Phi) is 5.21. The molecule has 2 aromatic rings. The van der Waals surface area contributed by atoms with Crippen LogP contribution in [0.5, 0.6) is 5.75 Å². The molecule has 0 spiro atoms. The van der Waals surface area contributed by atoms with Crippen molar-refractivity contribution in [2.24, 2.45) is 0 Å². The number of hydrogen-bond acceptors (Lipinski definition) is 5. The van der Waals surface area contributed by atoms with E-state index in [1.165, 1.54) is 7.11 Å². The highest BCUT2D eigenvalue weighted by Gasteiger charge is 2.18. The highest BCUT2D eigenvalue weighted by atomic mass is 79.9. The van der Waals surface area contributed by atoms with Crippen LogP contribution < -0.4 is 16.0 Å². The number of nitrogens with zero attached hydrogens (tertiary/aromatic N) is 4. The van der Waals surface area contributed by atoms with Gasteiger partial charge >= 0.3 is 5.69 Å². The minimum atomic E-state index is -0.659. The van der Waals surface area contributed by atoms with Gasteiger partial charge in [-0.15, -0.1) is 0 Å². The molecular formula is C20H14BrClN4O3. The summed E-state index contributed by atoms with van der Waals surface area (Å²) in [4.78, 5) is 34.1. The molecule has 7 nitrogen and oxygen atoms in total. The van der Waals surface area contributed by atoms with E-state index in [9.17, 15) is 9.59 Å². The number of hydrogen-bond donors (Lipinski definition) is 0. The zero-order valence-electron chi connectivity index (χ0n) is 15.2. The lowest BCUT2D eigenvalue weighted by Crippen LogP contribution is -2.36. The first kappa shape index (κ1) is 19.4. The van der Waals surface area contributed by atoms with E-state index in [-0.39, 0.29) is 0 Å². The molecule has 1 aromatic carbocycles. The van der Waals surface area contributed by atoms with E-state index in [0.29, 0.717) is 39.0 Å². The first-order valence-corrected chi connectivity index (χ1v) is 9.71. The molecule has 0 amide bonds. The van der Waals surface area contributed by atoms with Gasteiger partial charge in [0.15, 0.2) is 5.82 Å². The Bertz CT molecular complexity index is 1280. The van der Waals surface area contributed by atoms with E-state index in [2.05, 4.69) is 25.9 Å². The van der Waals surface area contributed by atoms with Crippen molar-refractivity contribution in [3.8, 4) is 22.8 Å². The monoisotopic (exact) mass is 472 g/mol. The molecule has 0 saturated heterocycles. The summed E-state index contributed by atoms with van der Waals surface area (Å²) >= 11 is 9.21. The molecule has 0 fully saturated rings. The van der Waals surface area contributed by atoms with Gasteiger partial charge in [0.05, 0.1) is 29.4 Å². The fourth-order valence-electron chi connectivity index (χ4n) is 3.03. The van der Waals surface area contributed by atoms with Crippen LogP contribution in [0.2, 0.25) is 5.15 Å². The van der Waals surface area contributed by atoms with Crippen molar-refractivity contribution >= 4 is 27.5 Å². The van der Waals surface area contributed by atoms with E-state index in [1.54, 1.807) is 53.4 Å². The maximum Gasteiger partial charge on any atom is 0.357 e. The molecule has 0 atom stereocenters. The molecule has 0 aliphatic carbocycles. The number of halogens is 2. The molecule has 0 radical (unpaired) electrons. The van der Waals surface area contributed by atoms with Crippen LogP contribution in [0, 0.1) is 0 Å². The summed E-state index contributed by atoms with van der Waals surface area (Å²) in [7, 11) is 1.54. The fourth-order valence-corrected chi connectivity index (χ4v) is 3.67. The molecule has 2 aliphatic rings. The number of pyridine rings is 2. The zero-order chi connectivity index (χ0) is 20.5. The molecule has 29 heavy (non-hydrogen) atoms. The van der Waals surface area contributed by atoms with E-state index in [1.807, 2.05) is 6.07 Å². The van der Waals surface area contributed by atoms with E-state index < -0.39 is 11.2 Å². The molecule has 9 heteroatoms. The number of benzene rings is 1. The summed E-state index contributed by atoms with van der Waals surface area (Å²) in [5.41, 5.74) is 0.499. The van der Waals surface area contributed by atoms with Gasteiger partial charge in [0.2, 0.25) is 0 Å². The maximum atomic E-state index is 13.1. The lowest BCUT2D eigenvalue weighted by Gasteiger charge is -2.15. The summed E-state index contributed by atoms with van der Waals surface area (Å²) < 4.78 is 8.60. The molecule has 0 saturated carbocycles. The van der Waals surface area contributed by atoms with Crippen molar-refractivity contribution in [2.45, 2.75) is 6.54 Å². The Morgan fingerprint density at radius 3 is 2.69 bits per heavy atom. The summed E-state index contributed by atoms with van der Waals surface area (Å²) in [6.45, 7) is 0.394. The number of aromatic nitrogens is 4. The van der Waals surface area contributed by atoms with Crippen molar-refractivity contribution in [2.75, 3.05) is 7.11 Å². The van der Waals surface area contributed by atoms with Crippen molar-refractivity contribution in [3.63, 3.8) is 0 Å². The third-order valence-electron chi connectivity index (χ3n) is 4.40. The highest BCUT2D eigenvalue weighted by Crippen LogP contribution is 2.26. The normalized spacial score (nSPS) is 11.0. The average molecular weight is 474 g/mol. The van der Waals surface area contributed by atoms with Crippen LogP contribution in [0.3, 0.4) is 0 Å². The summed E-state index contributed by atoms with van der Waals surface area (Å²) in [6.07, 6.45) is 3.40. The molecule has 0 bridgehead atoms.